The van der Waals surface area contributed by atoms with Gasteiger partial charge in [0.25, 0.3) is 0 Å². The van der Waals surface area contributed by atoms with Crippen LogP contribution in [0, 0.1) is 5.82 Å². The Bertz CT molecular complexity index is 1030. The van der Waals surface area contributed by atoms with Crippen molar-refractivity contribution < 1.29 is 13.9 Å². The predicted octanol–water partition coefficient (Wildman–Crippen LogP) is 3.46. The Morgan fingerprint density at radius 3 is 2.85 bits per heavy atom. The Hall–Kier alpha value is -2.66. The third kappa shape index (κ3) is 3.10. The van der Waals surface area contributed by atoms with E-state index >= 15 is 0 Å². The van der Waals surface area contributed by atoms with E-state index in [1.165, 1.54) is 12.1 Å². The molecule has 1 aromatic heterocycles. The molecule has 0 saturated carbocycles. The summed E-state index contributed by atoms with van der Waals surface area (Å²) in [7, 11) is 0. The van der Waals surface area contributed by atoms with Crippen molar-refractivity contribution in [1.82, 2.24) is 5.32 Å². The normalized spacial score (nSPS) is 13.3. The molecule has 0 atom stereocenters. The van der Waals surface area contributed by atoms with Crippen LogP contribution in [-0.4, -0.2) is 11.7 Å². The van der Waals surface area contributed by atoms with Gasteiger partial charge in [-0.3, -0.25) is 0 Å². The lowest BCUT2D eigenvalue weighted by atomic mass is 10.0. The lowest BCUT2D eigenvalue weighted by Gasteiger charge is -2.11. The van der Waals surface area contributed by atoms with Crippen LogP contribution in [0.5, 0.6) is 5.75 Å². The summed E-state index contributed by atoms with van der Waals surface area (Å²) in [6.45, 7) is 0.995. The maximum absolute atomic E-state index is 13.2. The number of phenols is 1. The van der Waals surface area contributed by atoms with Crippen LogP contribution in [0.25, 0.3) is 11.0 Å². The molecular formula is C21H20FNO3. The number of fused-ring (bicyclic) bond motifs is 3. The second kappa shape index (κ2) is 6.92. The first-order valence-electron chi connectivity index (χ1n) is 8.88. The number of hydrogen-bond acceptors (Lipinski definition) is 4. The molecule has 0 bridgehead atoms. The molecule has 0 unspecified atom stereocenters. The van der Waals surface area contributed by atoms with E-state index < -0.39 is 0 Å². The number of aromatic hydroxyl groups is 1. The number of benzene rings is 2. The zero-order valence-electron chi connectivity index (χ0n) is 14.3. The summed E-state index contributed by atoms with van der Waals surface area (Å²) in [5.41, 5.74) is 3.49. The van der Waals surface area contributed by atoms with Gasteiger partial charge in [-0.2, -0.15) is 0 Å². The fourth-order valence-corrected chi connectivity index (χ4v) is 3.70. The highest BCUT2D eigenvalue weighted by Crippen LogP contribution is 2.32. The minimum Gasteiger partial charge on any atom is -0.507 e. The molecule has 0 aliphatic heterocycles. The number of nitrogens with one attached hydrogen (secondary N) is 1. The summed E-state index contributed by atoms with van der Waals surface area (Å²) in [6.07, 6.45) is 3.26. The van der Waals surface area contributed by atoms with Gasteiger partial charge in [-0.15, -0.1) is 0 Å². The molecule has 3 aromatic rings. The maximum atomic E-state index is 13.2. The Morgan fingerprint density at radius 2 is 2.00 bits per heavy atom. The largest absolute Gasteiger partial charge is 0.507 e. The van der Waals surface area contributed by atoms with Crippen LogP contribution in [0.2, 0.25) is 0 Å². The van der Waals surface area contributed by atoms with Gasteiger partial charge in [0.1, 0.15) is 17.1 Å². The first-order chi connectivity index (χ1) is 12.6. The first kappa shape index (κ1) is 16.8. The average molecular weight is 353 g/mol. The molecule has 2 N–H and O–H groups in total. The van der Waals surface area contributed by atoms with E-state index in [9.17, 15) is 14.3 Å². The van der Waals surface area contributed by atoms with Crippen molar-refractivity contribution in [3.63, 3.8) is 0 Å². The van der Waals surface area contributed by atoms with Gasteiger partial charge >= 0.3 is 5.63 Å². The Labute approximate surface area is 150 Å². The van der Waals surface area contributed by atoms with Crippen LogP contribution in [0.15, 0.2) is 45.6 Å². The summed E-state index contributed by atoms with van der Waals surface area (Å²) in [5, 5.41) is 14.4. The standard InChI is InChI=1S/C21H20FNO3/c22-14-4-1-3-13(11-14)9-10-23-12-18-19(24)8-7-16-15-5-2-6-17(15)21(25)26-20(16)18/h1,3-4,7-8,11,23-24H,2,5-6,9-10,12H2. The Morgan fingerprint density at radius 1 is 1.15 bits per heavy atom. The van der Waals surface area contributed by atoms with Crippen molar-refractivity contribution in [1.29, 1.82) is 0 Å². The second-order valence-electron chi connectivity index (χ2n) is 6.70. The Kier molecular flexibility index (Phi) is 4.47. The molecular weight excluding hydrogens is 333 g/mol. The molecule has 4 rings (SSSR count). The zero-order valence-corrected chi connectivity index (χ0v) is 14.3. The monoisotopic (exact) mass is 353 g/mol. The lowest BCUT2D eigenvalue weighted by Crippen LogP contribution is -2.17. The van der Waals surface area contributed by atoms with Crippen LogP contribution in [-0.2, 0) is 25.8 Å². The zero-order chi connectivity index (χ0) is 18.1. The van der Waals surface area contributed by atoms with E-state index in [0.29, 0.717) is 30.7 Å². The van der Waals surface area contributed by atoms with Gasteiger partial charge in [0.05, 0.1) is 5.56 Å². The highest BCUT2D eigenvalue weighted by molar-refractivity contribution is 5.86. The maximum Gasteiger partial charge on any atom is 0.339 e. The highest BCUT2D eigenvalue weighted by Gasteiger charge is 2.21. The van der Waals surface area contributed by atoms with Crippen molar-refractivity contribution in [2.45, 2.75) is 32.2 Å². The molecule has 134 valence electrons. The molecule has 0 spiro atoms. The molecule has 0 radical (unpaired) electrons. The number of halogens is 1. The smallest absolute Gasteiger partial charge is 0.339 e. The van der Waals surface area contributed by atoms with Crippen LogP contribution in [0.4, 0.5) is 4.39 Å². The van der Waals surface area contributed by atoms with Crippen molar-refractivity contribution in [3.05, 3.63) is 74.9 Å². The molecule has 0 amide bonds. The van der Waals surface area contributed by atoms with Gasteiger partial charge in [0.2, 0.25) is 0 Å². The topological polar surface area (TPSA) is 62.5 Å². The van der Waals surface area contributed by atoms with E-state index in [2.05, 4.69) is 5.32 Å². The quantitative estimate of drug-likeness (QED) is 0.545. The number of aryl methyl sites for hydroxylation is 1. The SMILES string of the molecule is O=c1oc2c(CNCCc3cccc(F)c3)c(O)ccc2c2c1CCC2. The summed E-state index contributed by atoms with van der Waals surface area (Å²) >= 11 is 0. The van der Waals surface area contributed by atoms with Crippen LogP contribution in [0.3, 0.4) is 0 Å². The average Bonchev–Trinajstić information content (AvgIpc) is 3.11. The van der Waals surface area contributed by atoms with E-state index in [1.807, 2.05) is 12.1 Å². The second-order valence-corrected chi connectivity index (χ2v) is 6.70. The number of rotatable bonds is 5. The molecule has 1 heterocycles. The lowest BCUT2D eigenvalue weighted by molar-refractivity contribution is 0.460. The third-order valence-corrected chi connectivity index (χ3v) is 5.00. The minimum absolute atomic E-state index is 0.108. The molecule has 5 heteroatoms. The molecule has 0 fully saturated rings. The van der Waals surface area contributed by atoms with Crippen molar-refractivity contribution in [3.8, 4) is 5.75 Å². The van der Waals surface area contributed by atoms with E-state index in [1.54, 1.807) is 12.1 Å². The van der Waals surface area contributed by atoms with Crippen molar-refractivity contribution >= 4 is 11.0 Å². The van der Waals surface area contributed by atoms with Crippen molar-refractivity contribution in [2.24, 2.45) is 0 Å². The molecule has 0 saturated heterocycles. The third-order valence-electron chi connectivity index (χ3n) is 5.00. The van der Waals surface area contributed by atoms with Gasteiger partial charge in [0.15, 0.2) is 0 Å². The van der Waals surface area contributed by atoms with Crippen LogP contribution < -0.4 is 10.9 Å². The van der Waals surface area contributed by atoms with Crippen LogP contribution >= 0.6 is 0 Å². The number of phenolic OH excluding ortho intramolecular Hbond substituents is 1. The summed E-state index contributed by atoms with van der Waals surface area (Å²) in [4.78, 5) is 12.2. The summed E-state index contributed by atoms with van der Waals surface area (Å²) in [5.74, 6) is -0.137. The predicted molar refractivity (Wildman–Crippen MR) is 98.0 cm³/mol. The molecule has 1 aliphatic rings. The highest BCUT2D eigenvalue weighted by atomic mass is 19.1. The van der Waals surface area contributed by atoms with Gasteiger partial charge in [-0.25, -0.2) is 9.18 Å². The molecule has 1 aliphatic carbocycles. The van der Waals surface area contributed by atoms with E-state index in [0.717, 1.165) is 41.3 Å². The molecule has 26 heavy (non-hydrogen) atoms. The van der Waals surface area contributed by atoms with E-state index in [4.69, 9.17) is 4.42 Å². The minimum atomic E-state index is -0.295. The van der Waals surface area contributed by atoms with Gasteiger partial charge in [-0.05, 0) is 67.6 Å². The van der Waals surface area contributed by atoms with Gasteiger partial charge < -0.3 is 14.8 Å². The molecule has 2 aromatic carbocycles. The van der Waals surface area contributed by atoms with Gasteiger partial charge in [0, 0.05) is 17.5 Å². The van der Waals surface area contributed by atoms with E-state index in [-0.39, 0.29) is 17.2 Å². The molecule has 4 nitrogen and oxygen atoms in total. The number of hydrogen-bond donors (Lipinski definition) is 2. The van der Waals surface area contributed by atoms with Gasteiger partial charge in [-0.1, -0.05) is 12.1 Å². The first-order valence-corrected chi connectivity index (χ1v) is 8.88. The Balaban J connectivity index is 1.55. The van der Waals surface area contributed by atoms with Crippen molar-refractivity contribution in [2.75, 3.05) is 6.54 Å². The summed E-state index contributed by atoms with van der Waals surface area (Å²) in [6, 6.07) is 9.99. The summed E-state index contributed by atoms with van der Waals surface area (Å²) < 4.78 is 18.8. The fourth-order valence-electron chi connectivity index (χ4n) is 3.70. The fraction of sp³-hybridized carbons (Fsp3) is 0.286. The van der Waals surface area contributed by atoms with Crippen LogP contribution in [0.1, 0.15) is 28.7 Å².